The molecule has 4 aromatic heterocycles. The Balaban J connectivity index is 0.000000225. The number of aromatic nitrogens is 4. The summed E-state index contributed by atoms with van der Waals surface area (Å²) < 4.78 is 13.0. The molecule has 0 bridgehead atoms. The first-order valence-electron chi connectivity index (χ1n) is 31.1. The molecule has 0 aliphatic heterocycles. The third-order valence-electron chi connectivity index (χ3n) is 15.9. The molecule has 0 saturated heterocycles. The van der Waals surface area contributed by atoms with Crippen molar-refractivity contribution in [3.8, 4) is 89.5 Å². The van der Waals surface area contributed by atoms with E-state index in [2.05, 4.69) is 256 Å². The molecular formula is C85H81FIr4N4-4. The van der Waals surface area contributed by atoms with Crippen LogP contribution in [0, 0.1) is 77.0 Å². The number of halogens is 1. The predicted molar refractivity (Wildman–Crippen MR) is 375 cm³/mol. The normalized spacial score (nSPS) is 10.6. The standard InChI is InChI=1S/C26H30N.C22H22N.C19H15FN.C18H14N.4Ir/c1-16(2)21-12-22(17(3)4)14-24(13-21)23-10-18(5)11-25(15-23)26-20(7)19(6)8-9-27-26;1-22(2,3)16-17-12-13-23-21(14-17)20-11-7-10-19(15-20)18-8-5-4-6-9-18;1-13-10-11-21-19(14(13)2)17-5-3-4-16(12-17)15-6-8-18(20)9-7-15;1-14-11-16(15-7-3-2-4-8-15)13-17(12-14)18-9-5-6-10-19-18;;;;/h8-10,12-17H,1-7H3;4-10,12-15H,16H2,1-3H3;3-4,6-12H,1-2H3;2-11,13H,1H3;;;;/q4*-1;;;;. The fourth-order valence-corrected chi connectivity index (χ4v) is 10.7. The summed E-state index contributed by atoms with van der Waals surface area (Å²) in [7, 11) is 0. The average molecular weight is 1950 g/mol. The Bertz CT molecular complexity index is 4250. The SMILES string of the molecule is CC(C)(C)Cc1ccnc(-c2[c-]ccc(-c3ccccc3)c2)c1.Cc1[c-]c(-c2ccccn2)cc(-c2ccccc2)c1.Cc1[c-]c(-c2nccc(C)c2C)cc(-c2cc(C(C)C)cc(C(C)C)c2)c1.Cc1ccnc(-c2[c-]ccc(-c3ccc(F)cc3)c2)c1C.[Ir].[Ir].[Ir].[Ir]. The third kappa shape index (κ3) is 21.7. The van der Waals surface area contributed by atoms with Crippen molar-refractivity contribution in [2.45, 2.75) is 108 Å². The van der Waals surface area contributed by atoms with E-state index in [-0.39, 0.29) is 91.7 Å². The van der Waals surface area contributed by atoms with E-state index < -0.39 is 0 Å². The molecule has 0 spiro atoms. The number of aryl methyl sites for hydroxylation is 4. The molecule has 0 atom stereocenters. The van der Waals surface area contributed by atoms with Gasteiger partial charge in [0.05, 0.1) is 0 Å². The molecule has 0 fully saturated rings. The summed E-state index contributed by atoms with van der Waals surface area (Å²) in [4.78, 5) is 18.0. The fourth-order valence-electron chi connectivity index (χ4n) is 10.7. The number of nitrogens with zero attached hydrogens (tertiary/aromatic N) is 4. The van der Waals surface area contributed by atoms with Gasteiger partial charge >= 0.3 is 0 Å². The van der Waals surface area contributed by atoms with Crippen LogP contribution >= 0.6 is 0 Å². The Morgan fingerprint density at radius 1 is 0.372 bits per heavy atom. The third-order valence-corrected chi connectivity index (χ3v) is 15.9. The first-order valence-corrected chi connectivity index (χ1v) is 31.1. The number of rotatable bonds is 11. The van der Waals surface area contributed by atoms with Crippen LogP contribution in [0.25, 0.3) is 89.5 Å². The van der Waals surface area contributed by atoms with Crippen LogP contribution in [0.15, 0.2) is 231 Å². The second-order valence-corrected chi connectivity index (χ2v) is 25.1. The minimum Gasteiger partial charge on any atom is -0.305 e. The fraction of sp³-hybridized carbons (Fsp3) is 0.200. The zero-order chi connectivity index (χ0) is 63.9. The summed E-state index contributed by atoms with van der Waals surface area (Å²) in [5, 5.41) is 0. The van der Waals surface area contributed by atoms with E-state index in [1.165, 1.54) is 78.9 Å². The van der Waals surface area contributed by atoms with Crippen molar-refractivity contribution >= 4 is 0 Å². The summed E-state index contributed by atoms with van der Waals surface area (Å²) in [6.45, 7) is 28.4. The van der Waals surface area contributed by atoms with E-state index in [0.717, 1.165) is 79.3 Å². The quantitative estimate of drug-likeness (QED) is 0.121. The first kappa shape index (κ1) is 77.6. The van der Waals surface area contributed by atoms with Gasteiger partial charge < -0.3 is 19.9 Å². The smallest absolute Gasteiger partial charge is 0.123 e. The molecule has 0 saturated carbocycles. The largest absolute Gasteiger partial charge is 0.305 e. The van der Waals surface area contributed by atoms with Crippen LogP contribution in [0.5, 0.6) is 0 Å². The van der Waals surface area contributed by atoms with Gasteiger partial charge in [-0.1, -0.05) is 199 Å². The molecule has 12 aromatic rings. The monoisotopic (exact) mass is 1950 g/mol. The van der Waals surface area contributed by atoms with E-state index in [9.17, 15) is 4.39 Å². The van der Waals surface area contributed by atoms with Gasteiger partial charge in [0.1, 0.15) is 5.82 Å². The average Bonchev–Trinajstić information content (AvgIpc) is 1.11. The van der Waals surface area contributed by atoms with Crippen LogP contribution in [-0.4, -0.2) is 19.9 Å². The number of hydrogen-bond donors (Lipinski definition) is 0. The molecule has 9 heteroatoms. The Morgan fingerprint density at radius 2 is 0.809 bits per heavy atom. The Hall–Kier alpha value is -7.11. The molecule has 4 radical (unpaired) electrons. The minimum absolute atomic E-state index is 0. The summed E-state index contributed by atoms with van der Waals surface area (Å²) in [5.74, 6) is 0.801. The van der Waals surface area contributed by atoms with E-state index >= 15 is 0 Å². The van der Waals surface area contributed by atoms with Gasteiger partial charge in [-0.05, 0) is 144 Å². The van der Waals surface area contributed by atoms with E-state index in [4.69, 9.17) is 0 Å². The van der Waals surface area contributed by atoms with E-state index in [0.29, 0.717) is 11.8 Å². The molecule has 0 amide bonds. The number of hydrogen-bond acceptors (Lipinski definition) is 4. The molecule has 8 aromatic carbocycles. The Kier molecular flexibility index (Phi) is 30.3. The van der Waals surface area contributed by atoms with Gasteiger partial charge in [-0.25, -0.2) is 4.39 Å². The van der Waals surface area contributed by atoms with Gasteiger partial charge in [-0.2, -0.15) is 0 Å². The van der Waals surface area contributed by atoms with Crippen molar-refractivity contribution < 1.29 is 84.8 Å². The second kappa shape index (κ2) is 36.7. The molecule has 488 valence electrons. The molecule has 94 heavy (non-hydrogen) atoms. The zero-order valence-electron chi connectivity index (χ0n) is 55.8. The second-order valence-electron chi connectivity index (χ2n) is 25.1. The molecule has 0 N–H and O–H groups in total. The maximum Gasteiger partial charge on any atom is 0.123 e. The molecule has 0 aliphatic rings. The van der Waals surface area contributed by atoms with Crippen LogP contribution in [0.3, 0.4) is 0 Å². The predicted octanol–water partition coefficient (Wildman–Crippen LogP) is 22.7. The topological polar surface area (TPSA) is 51.6 Å². The molecular weight excluding hydrogens is 1860 g/mol. The summed E-state index contributed by atoms with van der Waals surface area (Å²) in [6, 6.07) is 83.0. The molecule has 4 nitrogen and oxygen atoms in total. The number of pyridine rings is 4. The summed E-state index contributed by atoms with van der Waals surface area (Å²) in [5.41, 5.74) is 28.9. The van der Waals surface area contributed by atoms with Gasteiger partial charge in [0.15, 0.2) is 0 Å². The zero-order valence-corrected chi connectivity index (χ0v) is 65.4. The molecule has 12 rings (SSSR count). The van der Waals surface area contributed by atoms with Gasteiger partial charge in [-0.15, -0.1) is 141 Å². The van der Waals surface area contributed by atoms with Crippen molar-refractivity contribution in [2.75, 3.05) is 0 Å². The van der Waals surface area contributed by atoms with Crippen LogP contribution in [-0.2, 0) is 86.8 Å². The van der Waals surface area contributed by atoms with E-state index in [1.807, 2.05) is 85.5 Å². The van der Waals surface area contributed by atoms with Crippen LogP contribution in [0.4, 0.5) is 4.39 Å². The van der Waals surface area contributed by atoms with E-state index in [1.54, 1.807) is 12.1 Å². The Morgan fingerprint density at radius 3 is 1.34 bits per heavy atom. The van der Waals surface area contributed by atoms with Gasteiger partial charge in [0.2, 0.25) is 0 Å². The molecule has 0 unspecified atom stereocenters. The van der Waals surface area contributed by atoms with Gasteiger partial charge in [-0.3, -0.25) is 0 Å². The summed E-state index contributed by atoms with van der Waals surface area (Å²) >= 11 is 0. The van der Waals surface area contributed by atoms with Crippen molar-refractivity contribution in [2.24, 2.45) is 5.41 Å². The van der Waals surface area contributed by atoms with Crippen molar-refractivity contribution in [1.82, 2.24) is 19.9 Å². The van der Waals surface area contributed by atoms with Crippen LogP contribution in [0.2, 0.25) is 0 Å². The van der Waals surface area contributed by atoms with Gasteiger partial charge in [0.25, 0.3) is 0 Å². The van der Waals surface area contributed by atoms with Crippen molar-refractivity contribution in [3.63, 3.8) is 0 Å². The van der Waals surface area contributed by atoms with Crippen LogP contribution < -0.4 is 0 Å². The molecule has 0 aliphatic carbocycles. The maximum absolute atomic E-state index is 13.0. The minimum atomic E-state index is -0.224. The van der Waals surface area contributed by atoms with Gasteiger partial charge in [0, 0.05) is 105 Å². The first-order chi connectivity index (χ1) is 43.2. The Labute approximate surface area is 613 Å². The summed E-state index contributed by atoms with van der Waals surface area (Å²) in [6.07, 6.45) is 8.47. The maximum atomic E-state index is 13.0. The van der Waals surface area contributed by atoms with Crippen LogP contribution in [0.1, 0.15) is 110 Å². The number of benzene rings is 8. The van der Waals surface area contributed by atoms with Crippen molar-refractivity contribution in [1.29, 1.82) is 0 Å². The molecule has 4 heterocycles. The van der Waals surface area contributed by atoms with Crippen molar-refractivity contribution in [3.05, 3.63) is 311 Å².